The number of benzene rings is 1. The summed E-state index contributed by atoms with van der Waals surface area (Å²) in [6.07, 6.45) is 0. The van der Waals surface area contributed by atoms with Gasteiger partial charge in [0.15, 0.2) is 0 Å². The van der Waals surface area contributed by atoms with E-state index in [1.165, 1.54) is 12.1 Å². The highest BCUT2D eigenvalue weighted by Gasteiger charge is 2.22. The molecule has 0 saturated carbocycles. The molecule has 2 amide bonds. The first-order chi connectivity index (χ1) is 11.0. The minimum Gasteiger partial charge on any atom is -0.462 e. The molecular formula is C15H18FN3O4. The van der Waals surface area contributed by atoms with Gasteiger partial charge >= 0.3 is 11.9 Å². The van der Waals surface area contributed by atoms with Crippen molar-refractivity contribution in [1.82, 2.24) is 10.2 Å². The number of hydrogen-bond donors (Lipinski definition) is 1. The Morgan fingerprint density at radius 1 is 1.22 bits per heavy atom. The standard InChI is InChI=1S/C15H18FN3O4/c1-23-15(22)14(21)17-10-13(20)19-7-5-18(6-8-19)12-4-2-3-11(16)9-12/h2-4,9H,5-8,10H2,1H3,(H,17,21). The summed E-state index contributed by atoms with van der Waals surface area (Å²) in [5.41, 5.74) is 0.774. The van der Waals surface area contributed by atoms with Gasteiger partial charge in [-0.2, -0.15) is 0 Å². The number of esters is 1. The van der Waals surface area contributed by atoms with Crippen LogP contribution in [0, 0.1) is 5.82 Å². The van der Waals surface area contributed by atoms with Gasteiger partial charge in [0.05, 0.1) is 13.7 Å². The first-order valence-corrected chi connectivity index (χ1v) is 7.15. The van der Waals surface area contributed by atoms with Crippen LogP contribution in [0.5, 0.6) is 0 Å². The number of hydrogen-bond acceptors (Lipinski definition) is 5. The second-order valence-corrected chi connectivity index (χ2v) is 5.02. The molecule has 1 aliphatic heterocycles. The Hall–Kier alpha value is -2.64. The van der Waals surface area contributed by atoms with Crippen molar-refractivity contribution in [2.75, 3.05) is 44.7 Å². The summed E-state index contributed by atoms with van der Waals surface area (Å²) < 4.78 is 17.5. The number of piperazine rings is 1. The van der Waals surface area contributed by atoms with Gasteiger partial charge in [-0.3, -0.25) is 9.59 Å². The molecular weight excluding hydrogens is 305 g/mol. The number of amides is 2. The minimum atomic E-state index is -1.03. The first kappa shape index (κ1) is 16.7. The van der Waals surface area contributed by atoms with Crippen molar-refractivity contribution in [3.8, 4) is 0 Å². The van der Waals surface area contributed by atoms with E-state index < -0.39 is 11.9 Å². The summed E-state index contributed by atoms with van der Waals surface area (Å²) in [7, 11) is 1.09. The molecule has 1 heterocycles. The number of anilines is 1. The summed E-state index contributed by atoms with van der Waals surface area (Å²) in [6, 6.07) is 6.29. The van der Waals surface area contributed by atoms with E-state index in [-0.39, 0.29) is 18.3 Å². The summed E-state index contributed by atoms with van der Waals surface area (Å²) in [5.74, 6) is -2.55. The van der Waals surface area contributed by atoms with Crippen LogP contribution in [0.4, 0.5) is 10.1 Å². The zero-order chi connectivity index (χ0) is 16.8. The molecule has 0 bridgehead atoms. The van der Waals surface area contributed by atoms with Gasteiger partial charge in [0.2, 0.25) is 5.91 Å². The third-order valence-electron chi connectivity index (χ3n) is 3.58. The quantitative estimate of drug-likeness (QED) is 0.614. The maximum absolute atomic E-state index is 13.2. The fourth-order valence-electron chi connectivity index (χ4n) is 2.32. The predicted molar refractivity (Wildman–Crippen MR) is 80.2 cm³/mol. The van der Waals surface area contributed by atoms with Crippen LogP contribution >= 0.6 is 0 Å². The average Bonchev–Trinajstić information content (AvgIpc) is 2.58. The van der Waals surface area contributed by atoms with Crippen molar-refractivity contribution in [2.45, 2.75) is 0 Å². The lowest BCUT2D eigenvalue weighted by molar-refractivity contribution is -0.153. The average molecular weight is 323 g/mol. The van der Waals surface area contributed by atoms with Gasteiger partial charge in [0.1, 0.15) is 5.82 Å². The highest BCUT2D eigenvalue weighted by molar-refractivity contribution is 6.32. The van der Waals surface area contributed by atoms with Crippen molar-refractivity contribution in [1.29, 1.82) is 0 Å². The van der Waals surface area contributed by atoms with Crippen molar-refractivity contribution in [3.05, 3.63) is 30.1 Å². The van der Waals surface area contributed by atoms with Gasteiger partial charge in [-0.05, 0) is 18.2 Å². The van der Waals surface area contributed by atoms with Crippen molar-refractivity contribution in [2.24, 2.45) is 0 Å². The van der Waals surface area contributed by atoms with E-state index in [1.807, 2.05) is 11.0 Å². The molecule has 0 aromatic heterocycles. The molecule has 7 nitrogen and oxygen atoms in total. The lowest BCUT2D eigenvalue weighted by Gasteiger charge is -2.36. The molecule has 0 radical (unpaired) electrons. The molecule has 0 spiro atoms. The van der Waals surface area contributed by atoms with Crippen molar-refractivity contribution < 1.29 is 23.5 Å². The van der Waals surface area contributed by atoms with Gasteiger partial charge in [0, 0.05) is 31.9 Å². The molecule has 1 aromatic rings. The molecule has 0 unspecified atom stereocenters. The number of carbonyl (C=O) groups is 3. The van der Waals surface area contributed by atoms with E-state index in [4.69, 9.17) is 0 Å². The summed E-state index contributed by atoms with van der Waals surface area (Å²) >= 11 is 0. The Morgan fingerprint density at radius 3 is 2.52 bits per heavy atom. The van der Waals surface area contributed by atoms with Crippen LogP contribution in [0.1, 0.15) is 0 Å². The second-order valence-electron chi connectivity index (χ2n) is 5.02. The van der Waals surface area contributed by atoms with Gasteiger partial charge < -0.3 is 19.9 Å². The summed E-state index contributed by atoms with van der Waals surface area (Å²) in [6.45, 7) is 1.81. The molecule has 0 aliphatic carbocycles. The smallest absolute Gasteiger partial charge is 0.396 e. The van der Waals surface area contributed by atoms with Gasteiger partial charge in [-0.25, -0.2) is 9.18 Å². The van der Waals surface area contributed by atoms with Crippen molar-refractivity contribution >= 4 is 23.5 Å². The lowest BCUT2D eigenvalue weighted by atomic mass is 10.2. The van der Waals surface area contributed by atoms with E-state index >= 15 is 0 Å². The van der Waals surface area contributed by atoms with E-state index in [2.05, 4.69) is 10.1 Å². The normalized spacial score (nSPS) is 14.3. The zero-order valence-corrected chi connectivity index (χ0v) is 12.8. The fourth-order valence-corrected chi connectivity index (χ4v) is 2.32. The van der Waals surface area contributed by atoms with Crippen LogP contribution in [0.15, 0.2) is 24.3 Å². The molecule has 0 atom stereocenters. The first-order valence-electron chi connectivity index (χ1n) is 7.15. The van der Waals surface area contributed by atoms with Gasteiger partial charge in [0.25, 0.3) is 0 Å². The Kier molecular flexibility index (Phi) is 5.51. The number of nitrogens with zero attached hydrogens (tertiary/aromatic N) is 2. The van der Waals surface area contributed by atoms with Crippen LogP contribution in [0.25, 0.3) is 0 Å². The maximum atomic E-state index is 13.2. The highest BCUT2D eigenvalue weighted by atomic mass is 19.1. The zero-order valence-electron chi connectivity index (χ0n) is 12.8. The number of methoxy groups -OCH3 is 1. The van der Waals surface area contributed by atoms with Crippen LogP contribution in [0.2, 0.25) is 0 Å². The van der Waals surface area contributed by atoms with E-state index in [9.17, 15) is 18.8 Å². The topological polar surface area (TPSA) is 78.9 Å². The Balaban J connectivity index is 1.81. The van der Waals surface area contributed by atoms with Crippen LogP contribution in [-0.4, -0.2) is 62.5 Å². The van der Waals surface area contributed by atoms with E-state index in [0.29, 0.717) is 26.2 Å². The Labute approximate surface area is 133 Å². The Morgan fingerprint density at radius 2 is 1.91 bits per heavy atom. The van der Waals surface area contributed by atoms with E-state index in [1.54, 1.807) is 11.0 Å². The predicted octanol–water partition coefficient (Wildman–Crippen LogP) is -0.236. The minimum absolute atomic E-state index is 0.256. The third-order valence-corrected chi connectivity index (χ3v) is 3.58. The van der Waals surface area contributed by atoms with Crippen LogP contribution in [0.3, 0.4) is 0 Å². The second kappa shape index (κ2) is 7.57. The lowest BCUT2D eigenvalue weighted by Crippen LogP contribution is -2.51. The molecule has 2 rings (SSSR count). The van der Waals surface area contributed by atoms with Gasteiger partial charge in [-0.1, -0.05) is 6.07 Å². The van der Waals surface area contributed by atoms with Crippen LogP contribution in [-0.2, 0) is 19.1 Å². The maximum Gasteiger partial charge on any atom is 0.396 e. The summed E-state index contributed by atoms with van der Waals surface area (Å²) in [5, 5.41) is 2.21. The number of carbonyl (C=O) groups excluding carboxylic acids is 3. The number of nitrogens with one attached hydrogen (secondary N) is 1. The largest absolute Gasteiger partial charge is 0.462 e. The molecule has 1 fully saturated rings. The molecule has 1 N–H and O–H groups in total. The molecule has 23 heavy (non-hydrogen) atoms. The van der Waals surface area contributed by atoms with Crippen LogP contribution < -0.4 is 10.2 Å². The highest BCUT2D eigenvalue weighted by Crippen LogP contribution is 2.17. The molecule has 1 saturated heterocycles. The summed E-state index contributed by atoms with van der Waals surface area (Å²) in [4.78, 5) is 37.7. The Bertz CT molecular complexity index is 600. The SMILES string of the molecule is COC(=O)C(=O)NCC(=O)N1CCN(c2cccc(F)c2)CC1. The number of halogens is 1. The fraction of sp³-hybridized carbons (Fsp3) is 0.400. The van der Waals surface area contributed by atoms with Crippen molar-refractivity contribution in [3.63, 3.8) is 0 Å². The number of rotatable bonds is 3. The molecule has 8 heteroatoms. The molecule has 124 valence electrons. The third kappa shape index (κ3) is 4.41. The monoisotopic (exact) mass is 323 g/mol. The molecule has 1 aromatic carbocycles. The van der Waals surface area contributed by atoms with Gasteiger partial charge in [-0.15, -0.1) is 0 Å². The molecule has 1 aliphatic rings. The van der Waals surface area contributed by atoms with E-state index in [0.717, 1.165) is 12.8 Å². The number of ether oxygens (including phenoxy) is 1.